The Kier molecular flexibility index (Phi) is 1.86. The lowest BCUT2D eigenvalue weighted by Crippen LogP contribution is -1.90. The van der Waals surface area contributed by atoms with Crippen molar-refractivity contribution < 1.29 is 5.11 Å². The third kappa shape index (κ3) is 1.46. The number of aromatic hydroxyl groups is 1. The van der Waals surface area contributed by atoms with E-state index in [4.69, 9.17) is 17.3 Å². The van der Waals surface area contributed by atoms with E-state index >= 15 is 0 Å². The highest BCUT2D eigenvalue weighted by atomic mass is 32.1. The van der Waals surface area contributed by atoms with Crippen LogP contribution in [-0.4, -0.2) is 19.9 Å². The summed E-state index contributed by atoms with van der Waals surface area (Å²) in [4.78, 5) is 0. The Labute approximate surface area is 79.5 Å². The Balaban J connectivity index is 2.54. The van der Waals surface area contributed by atoms with E-state index in [9.17, 15) is 0 Å². The lowest BCUT2D eigenvalue weighted by Gasteiger charge is -1.99. The fourth-order valence-corrected chi connectivity index (χ4v) is 1.25. The number of nitrogens with one attached hydrogen (secondary N) is 1. The lowest BCUT2D eigenvalue weighted by atomic mass is 10.3. The lowest BCUT2D eigenvalue weighted by molar-refractivity contribution is 0.475. The van der Waals surface area contributed by atoms with Gasteiger partial charge in [0.2, 0.25) is 0 Å². The Hall–Kier alpha value is -1.62. The fourth-order valence-electron chi connectivity index (χ4n) is 1.05. The van der Waals surface area contributed by atoms with Crippen LogP contribution in [0.15, 0.2) is 30.6 Å². The maximum absolute atomic E-state index is 9.06. The van der Waals surface area contributed by atoms with Crippen LogP contribution < -0.4 is 0 Å². The number of nitrogens with zero attached hydrogens (tertiary/aromatic N) is 2. The molecule has 0 aliphatic carbocycles. The molecule has 5 heteroatoms. The fraction of sp³-hybridized carbons (Fsp3) is 0. The van der Waals surface area contributed by atoms with Gasteiger partial charge in [0.15, 0.2) is 4.77 Å². The zero-order valence-corrected chi connectivity index (χ0v) is 7.45. The van der Waals surface area contributed by atoms with Crippen LogP contribution in [0.3, 0.4) is 0 Å². The summed E-state index contributed by atoms with van der Waals surface area (Å²) in [6, 6.07) is 6.73. The standard InChI is InChI=1S/C8H7N3OS/c12-7-3-1-6(2-4-7)11-5-9-10-8(11)13/h1-5,12H,(H,10,13). The summed E-state index contributed by atoms with van der Waals surface area (Å²) < 4.78 is 2.25. The number of hydrogen-bond acceptors (Lipinski definition) is 3. The highest BCUT2D eigenvalue weighted by Gasteiger charge is 1.97. The number of rotatable bonds is 1. The van der Waals surface area contributed by atoms with Crippen molar-refractivity contribution in [2.45, 2.75) is 0 Å². The summed E-state index contributed by atoms with van der Waals surface area (Å²) in [7, 11) is 0. The number of hydrogen-bond donors (Lipinski definition) is 2. The number of aromatic nitrogens is 3. The molecule has 0 aliphatic rings. The molecule has 1 heterocycles. The van der Waals surface area contributed by atoms with Gasteiger partial charge < -0.3 is 5.11 Å². The van der Waals surface area contributed by atoms with E-state index in [2.05, 4.69) is 10.2 Å². The van der Waals surface area contributed by atoms with Gasteiger partial charge in [0.25, 0.3) is 0 Å². The number of H-pyrrole nitrogens is 1. The minimum absolute atomic E-state index is 0.235. The van der Waals surface area contributed by atoms with Crippen molar-refractivity contribution in [1.82, 2.24) is 14.8 Å². The zero-order valence-electron chi connectivity index (χ0n) is 6.64. The summed E-state index contributed by atoms with van der Waals surface area (Å²) >= 11 is 4.98. The Morgan fingerprint density at radius 2 is 2.00 bits per heavy atom. The van der Waals surface area contributed by atoms with Crippen molar-refractivity contribution in [3.05, 3.63) is 35.4 Å². The second-order valence-corrected chi connectivity index (χ2v) is 2.93. The molecular formula is C8H7N3OS. The van der Waals surface area contributed by atoms with E-state index < -0.39 is 0 Å². The summed E-state index contributed by atoms with van der Waals surface area (Å²) in [5.74, 6) is 0.235. The molecule has 0 amide bonds. The van der Waals surface area contributed by atoms with Crippen LogP contribution in [-0.2, 0) is 0 Å². The molecule has 0 fully saturated rings. The average molecular weight is 193 g/mol. The first kappa shape index (κ1) is 8.00. The Morgan fingerprint density at radius 1 is 1.31 bits per heavy atom. The molecule has 2 rings (SSSR count). The van der Waals surface area contributed by atoms with Gasteiger partial charge in [-0.3, -0.25) is 9.67 Å². The Morgan fingerprint density at radius 3 is 2.54 bits per heavy atom. The van der Waals surface area contributed by atoms with Crippen LogP contribution in [0.25, 0.3) is 5.69 Å². The zero-order chi connectivity index (χ0) is 9.26. The minimum Gasteiger partial charge on any atom is -0.508 e. The van der Waals surface area contributed by atoms with E-state index in [-0.39, 0.29) is 5.75 Å². The summed E-state index contributed by atoms with van der Waals surface area (Å²) in [5, 5.41) is 15.5. The SMILES string of the molecule is Oc1ccc(-n2cn[nH]c2=S)cc1. The van der Waals surface area contributed by atoms with Crippen LogP contribution >= 0.6 is 12.2 Å². The molecule has 0 aliphatic heterocycles. The van der Waals surface area contributed by atoms with Crippen LogP contribution in [0.5, 0.6) is 5.75 Å². The predicted molar refractivity (Wildman–Crippen MR) is 50.4 cm³/mol. The van der Waals surface area contributed by atoms with Crippen molar-refractivity contribution in [2.75, 3.05) is 0 Å². The molecule has 0 atom stereocenters. The first-order chi connectivity index (χ1) is 6.27. The molecule has 0 radical (unpaired) electrons. The molecule has 1 aromatic carbocycles. The van der Waals surface area contributed by atoms with Crippen LogP contribution in [0, 0.1) is 4.77 Å². The van der Waals surface area contributed by atoms with Gasteiger partial charge in [-0.1, -0.05) is 0 Å². The minimum atomic E-state index is 0.235. The van der Waals surface area contributed by atoms with Crippen molar-refractivity contribution in [3.63, 3.8) is 0 Å². The maximum atomic E-state index is 9.06. The van der Waals surface area contributed by atoms with E-state index in [0.29, 0.717) is 4.77 Å². The first-order valence-corrected chi connectivity index (χ1v) is 4.09. The van der Waals surface area contributed by atoms with Gasteiger partial charge in [-0.2, -0.15) is 5.10 Å². The van der Waals surface area contributed by atoms with Gasteiger partial charge in [0.05, 0.1) is 0 Å². The molecule has 0 spiro atoms. The monoisotopic (exact) mass is 193 g/mol. The Bertz CT molecular complexity index is 457. The average Bonchev–Trinajstić information content (AvgIpc) is 2.53. The van der Waals surface area contributed by atoms with E-state index in [1.807, 2.05) is 0 Å². The molecular weight excluding hydrogens is 186 g/mol. The topological polar surface area (TPSA) is 53.8 Å². The number of aromatic amines is 1. The first-order valence-electron chi connectivity index (χ1n) is 3.69. The molecule has 2 N–H and O–H groups in total. The van der Waals surface area contributed by atoms with E-state index in [1.165, 1.54) is 0 Å². The van der Waals surface area contributed by atoms with Crippen LogP contribution in [0.4, 0.5) is 0 Å². The molecule has 0 unspecified atom stereocenters. The van der Waals surface area contributed by atoms with Gasteiger partial charge in [0.1, 0.15) is 12.1 Å². The number of benzene rings is 1. The van der Waals surface area contributed by atoms with Gasteiger partial charge in [0, 0.05) is 5.69 Å². The van der Waals surface area contributed by atoms with Gasteiger partial charge >= 0.3 is 0 Å². The molecule has 1 aromatic heterocycles. The van der Waals surface area contributed by atoms with E-state index in [0.717, 1.165) is 5.69 Å². The van der Waals surface area contributed by atoms with Gasteiger partial charge in [-0.15, -0.1) is 0 Å². The highest BCUT2D eigenvalue weighted by molar-refractivity contribution is 7.71. The van der Waals surface area contributed by atoms with Crippen molar-refractivity contribution in [1.29, 1.82) is 0 Å². The van der Waals surface area contributed by atoms with Crippen molar-refractivity contribution >= 4 is 12.2 Å². The molecule has 0 saturated carbocycles. The van der Waals surface area contributed by atoms with Crippen LogP contribution in [0.1, 0.15) is 0 Å². The van der Waals surface area contributed by atoms with Gasteiger partial charge in [-0.05, 0) is 36.5 Å². The number of phenolic OH excluding ortho intramolecular Hbond substituents is 1. The molecule has 66 valence electrons. The largest absolute Gasteiger partial charge is 0.508 e. The second kappa shape index (κ2) is 3.02. The molecule has 13 heavy (non-hydrogen) atoms. The summed E-state index contributed by atoms with van der Waals surface area (Å²) in [5.41, 5.74) is 0.872. The highest BCUT2D eigenvalue weighted by Crippen LogP contribution is 2.12. The van der Waals surface area contributed by atoms with Crippen molar-refractivity contribution in [3.8, 4) is 11.4 Å². The molecule has 0 saturated heterocycles. The maximum Gasteiger partial charge on any atom is 0.199 e. The van der Waals surface area contributed by atoms with Gasteiger partial charge in [-0.25, -0.2) is 0 Å². The smallest absolute Gasteiger partial charge is 0.199 e. The van der Waals surface area contributed by atoms with E-state index in [1.54, 1.807) is 35.2 Å². The summed E-state index contributed by atoms with van der Waals surface area (Å²) in [6.07, 6.45) is 1.59. The molecule has 4 nitrogen and oxygen atoms in total. The second-order valence-electron chi connectivity index (χ2n) is 2.55. The third-order valence-corrected chi connectivity index (χ3v) is 1.97. The normalized spacial score (nSPS) is 10.2. The summed E-state index contributed by atoms with van der Waals surface area (Å²) in [6.45, 7) is 0. The van der Waals surface area contributed by atoms with Crippen molar-refractivity contribution in [2.24, 2.45) is 0 Å². The van der Waals surface area contributed by atoms with Crippen LogP contribution in [0.2, 0.25) is 0 Å². The molecule has 2 aromatic rings. The third-order valence-electron chi connectivity index (χ3n) is 1.68. The molecule has 0 bridgehead atoms. The predicted octanol–water partition coefficient (Wildman–Crippen LogP) is 1.64. The number of phenols is 1. The quantitative estimate of drug-likeness (QED) is 0.677.